The fourth-order valence-electron chi connectivity index (χ4n) is 2.58. The van der Waals surface area contributed by atoms with E-state index < -0.39 is 0 Å². The Hall–Kier alpha value is -1.84. The number of ether oxygens (including phenoxy) is 1. The molecular formula is C16H21N3O. The zero-order chi connectivity index (χ0) is 13.9. The molecule has 106 valence electrons. The van der Waals surface area contributed by atoms with Crippen LogP contribution < -0.4 is 4.74 Å². The number of nitrogens with zero attached hydrogens (tertiary/aromatic N) is 3. The number of rotatable bonds is 4. The van der Waals surface area contributed by atoms with Gasteiger partial charge >= 0.3 is 0 Å². The highest BCUT2D eigenvalue weighted by molar-refractivity contribution is 5.20. The van der Waals surface area contributed by atoms with Gasteiger partial charge in [-0.25, -0.2) is 9.97 Å². The standard InChI is InChI=1S/C16H21N3O/c1-12(2)14-3-4-16(18-10-14)20-11-13-5-7-19-8-6-17-15(19)9-13/h3-4,6,8,10,12-13H,5,7,9,11H2,1-2H3. The third-order valence-corrected chi connectivity index (χ3v) is 3.94. The lowest BCUT2D eigenvalue weighted by molar-refractivity contribution is 0.212. The second-order valence-electron chi connectivity index (χ2n) is 5.79. The smallest absolute Gasteiger partial charge is 0.213 e. The van der Waals surface area contributed by atoms with Crippen LogP contribution >= 0.6 is 0 Å². The van der Waals surface area contributed by atoms with E-state index in [2.05, 4.69) is 40.6 Å². The van der Waals surface area contributed by atoms with E-state index in [0.717, 1.165) is 31.9 Å². The largest absolute Gasteiger partial charge is 0.477 e. The molecule has 1 aliphatic heterocycles. The molecule has 0 fully saturated rings. The lowest BCUT2D eigenvalue weighted by Crippen LogP contribution is -2.24. The van der Waals surface area contributed by atoms with Crippen molar-refractivity contribution in [2.75, 3.05) is 6.61 Å². The predicted molar refractivity (Wildman–Crippen MR) is 77.9 cm³/mol. The molecule has 0 spiro atoms. The topological polar surface area (TPSA) is 39.9 Å². The predicted octanol–water partition coefficient (Wildman–Crippen LogP) is 3.04. The first-order chi connectivity index (χ1) is 9.72. The average Bonchev–Trinajstić information content (AvgIpc) is 2.93. The second-order valence-corrected chi connectivity index (χ2v) is 5.79. The Labute approximate surface area is 119 Å². The lowest BCUT2D eigenvalue weighted by atomic mass is 9.99. The summed E-state index contributed by atoms with van der Waals surface area (Å²) in [5.41, 5.74) is 1.25. The molecule has 0 bridgehead atoms. The monoisotopic (exact) mass is 271 g/mol. The van der Waals surface area contributed by atoms with Crippen LogP contribution in [-0.2, 0) is 13.0 Å². The minimum absolute atomic E-state index is 0.508. The first-order valence-electron chi connectivity index (χ1n) is 7.31. The van der Waals surface area contributed by atoms with E-state index in [1.807, 2.05) is 18.5 Å². The highest BCUT2D eigenvalue weighted by atomic mass is 16.5. The van der Waals surface area contributed by atoms with E-state index in [1.54, 1.807) is 0 Å². The number of fused-ring (bicyclic) bond motifs is 1. The molecule has 1 unspecified atom stereocenters. The van der Waals surface area contributed by atoms with Crippen molar-refractivity contribution < 1.29 is 4.74 Å². The van der Waals surface area contributed by atoms with E-state index in [-0.39, 0.29) is 0 Å². The molecular weight excluding hydrogens is 250 g/mol. The van der Waals surface area contributed by atoms with Crippen LogP contribution in [0.25, 0.3) is 0 Å². The number of aromatic nitrogens is 3. The van der Waals surface area contributed by atoms with Crippen molar-refractivity contribution in [3.8, 4) is 5.88 Å². The van der Waals surface area contributed by atoms with Crippen molar-refractivity contribution in [1.82, 2.24) is 14.5 Å². The molecule has 0 N–H and O–H groups in total. The van der Waals surface area contributed by atoms with E-state index in [1.165, 1.54) is 11.4 Å². The Bertz CT molecular complexity index is 559. The molecule has 0 aromatic carbocycles. The fourth-order valence-corrected chi connectivity index (χ4v) is 2.58. The molecule has 2 aromatic rings. The minimum atomic E-state index is 0.508. The maximum Gasteiger partial charge on any atom is 0.213 e. The normalized spacial score (nSPS) is 18.1. The van der Waals surface area contributed by atoms with E-state index in [4.69, 9.17) is 4.74 Å². The number of aryl methyl sites for hydroxylation is 1. The summed E-state index contributed by atoms with van der Waals surface area (Å²) in [4.78, 5) is 8.76. The molecule has 0 aliphatic carbocycles. The molecule has 3 heterocycles. The third-order valence-electron chi connectivity index (χ3n) is 3.94. The average molecular weight is 271 g/mol. The van der Waals surface area contributed by atoms with Gasteiger partial charge in [-0.1, -0.05) is 19.9 Å². The summed E-state index contributed by atoms with van der Waals surface area (Å²) >= 11 is 0. The molecule has 0 saturated heterocycles. The van der Waals surface area contributed by atoms with Crippen LogP contribution in [0.4, 0.5) is 0 Å². The van der Waals surface area contributed by atoms with Crippen LogP contribution in [0.15, 0.2) is 30.7 Å². The summed E-state index contributed by atoms with van der Waals surface area (Å²) < 4.78 is 8.05. The summed E-state index contributed by atoms with van der Waals surface area (Å²) in [5, 5.41) is 0. The molecule has 0 radical (unpaired) electrons. The van der Waals surface area contributed by atoms with Gasteiger partial charge in [-0.2, -0.15) is 0 Å². The Morgan fingerprint density at radius 2 is 2.25 bits per heavy atom. The molecule has 2 aromatic heterocycles. The first-order valence-corrected chi connectivity index (χ1v) is 7.31. The fraction of sp³-hybridized carbons (Fsp3) is 0.500. The van der Waals surface area contributed by atoms with Crippen LogP contribution in [0.3, 0.4) is 0 Å². The van der Waals surface area contributed by atoms with Gasteiger partial charge in [0.15, 0.2) is 0 Å². The van der Waals surface area contributed by atoms with Crippen LogP contribution in [0.1, 0.15) is 37.6 Å². The summed E-state index contributed by atoms with van der Waals surface area (Å²) in [5.74, 6) is 2.95. The van der Waals surface area contributed by atoms with Crippen molar-refractivity contribution in [2.45, 2.75) is 39.2 Å². The molecule has 4 heteroatoms. The molecule has 0 saturated carbocycles. The van der Waals surface area contributed by atoms with Gasteiger partial charge in [0, 0.05) is 43.5 Å². The number of hydrogen-bond acceptors (Lipinski definition) is 3. The highest BCUT2D eigenvalue weighted by Crippen LogP contribution is 2.21. The summed E-state index contributed by atoms with van der Waals surface area (Å²) in [6.07, 6.45) is 7.99. The first kappa shape index (κ1) is 13.2. The van der Waals surface area contributed by atoms with Crippen molar-refractivity contribution >= 4 is 0 Å². The zero-order valence-corrected chi connectivity index (χ0v) is 12.1. The summed E-state index contributed by atoms with van der Waals surface area (Å²) in [7, 11) is 0. The number of hydrogen-bond donors (Lipinski definition) is 0. The molecule has 4 nitrogen and oxygen atoms in total. The van der Waals surface area contributed by atoms with Gasteiger partial charge in [0.25, 0.3) is 0 Å². The lowest BCUT2D eigenvalue weighted by Gasteiger charge is -2.23. The van der Waals surface area contributed by atoms with Gasteiger partial charge in [0.1, 0.15) is 5.82 Å². The van der Waals surface area contributed by atoms with Gasteiger partial charge < -0.3 is 9.30 Å². The highest BCUT2D eigenvalue weighted by Gasteiger charge is 2.19. The van der Waals surface area contributed by atoms with Crippen LogP contribution in [-0.4, -0.2) is 21.1 Å². The maximum atomic E-state index is 5.82. The van der Waals surface area contributed by atoms with Crippen LogP contribution in [0, 0.1) is 5.92 Å². The van der Waals surface area contributed by atoms with Crippen molar-refractivity contribution in [3.63, 3.8) is 0 Å². The molecule has 20 heavy (non-hydrogen) atoms. The van der Waals surface area contributed by atoms with Gasteiger partial charge in [0.2, 0.25) is 5.88 Å². The minimum Gasteiger partial charge on any atom is -0.477 e. The van der Waals surface area contributed by atoms with Gasteiger partial charge in [-0.3, -0.25) is 0 Å². The molecule has 0 amide bonds. The Morgan fingerprint density at radius 3 is 3.00 bits per heavy atom. The molecule has 3 rings (SSSR count). The van der Waals surface area contributed by atoms with Crippen molar-refractivity contribution in [3.05, 3.63) is 42.1 Å². The second kappa shape index (κ2) is 5.65. The summed E-state index contributed by atoms with van der Waals surface area (Å²) in [6, 6.07) is 4.07. The SMILES string of the molecule is CC(C)c1ccc(OCC2CCn3ccnc3C2)nc1. The number of imidazole rings is 1. The Morgan fingerprint density at radius 1 is 1.35 bits per heavy atom. The van der Waals surface area contributed by atoms with Gasteiger partial charge in [-0.15, -0.1) is 0 Å². The maximum absolute atomic E-state index is 5.82. The van der Waals surface area contributed by atoms with Crippen molar-refractivity contribution in [1.29, 1.82) is 0 Å². The van der Waals surface area contributed by atoms with Crippen LogP contribution in [0.5, 0.6) is 5.88 Å². The van der Waals surface area contributed by atoms with E-state index in [0.29, 0.717) is 11.8 Å². The molecule has 1 aliphatic rings. The van der Waals surface area contributed by atoms with Crippen molar-refractivity contribution in [2.24, 2.45) is 5.92 Å². The molecule has 1 atom stereocenters. The Balaban J connectivity index is 1.55. The Kier molecular flexibility index (Phi) is 3.72. The third kappa shape index (κ3) is 2.84. The van der Waals surface area contributed by atoms with Crippen LogP contribution in [0.2, 0.25) is 0 Å². The van der Waals surface area contributed by atoms with E-state index >= 15 is 0 Å². The van der Waals surface area contributed by atoms with Gasteiger partial charge in [0.05, 0.1) is 6.61 Å². The van der Waals surface area contributed by atoms with Gasteiger partial charge in [-0.05, 0) is 17.9 Å². The number of pyridine rings is 1. The summed E-state index contributed by atoms with van der Waals surface area (Å²) in [6.45, 7) is 6.10. The quantitative estimate of drug-likeness (QED) is 0.858. The zero-order valence-electron chi connectivity index (χ0n) is 12.1. The van der Waals surface area contributed by atoms with E-state index in [9.17, 15) is 0 Å².